The highest BCUT2D eigenvalue weighted by Crippen LogP contribution is 2.18. The zero-order valence-electron chi connectivity index (χ0n) is 11.2. The van der Waals surface area contributed by atoms with Gasteiger partial charge in [-0.3, -0.25) is 10.1 Å². The highest BCUT2D eigenvalue weighted by molar-refractivity contribution is 5.89. The van der Waals surface area contributed by atoms with E-state index in [2.05, 4.69) is 10.6 Å². The minimum absolute atomic E-state index is 0.0332. The Labute approximate surface area is 116 Å². The highest BCUT2D eigenvalue weighted by atomic mass is 16.6. The number of carbonyl (C=O) groups excluding carboxylic acids is 1. The second-order valence-electron chi connectivity index (χ2n) is 4.75. The van der Waals surface area contributed by atoms with Gasteiger partial charge in [-0.05, 0) is 25.8 Å². The van der Waals surface area contributed by atoms with Gasteiger partial charge >= 0.3 is 6.03 Å². The normalized spacial score (nSPS) is 19.4. The number of benzene rings is 1. The molecule has 1 aliphatic heterocycles. The van der Waals surface area contributed by atoms with Crippen molar-refractivity contribution >= 4 is 17.4 Å². The van der Waals surface area contributed by atoms with Gasteiger partial charge in [0.05, 0.1) is 17.1 Å². The third-order valence-corrected chi connectivity index (χ3v) is 3.20. The van der Waals surface area contributed by atoms with Crippen molar-refractivity contribution in [3.63, 3.8) is 0 Å². The first-order valence-electron chi connectivity index (χ1n) is 6.50. The molecule has 1 aliphatic rings. The zero-order valence-corrected chi connectivity index (χ0v) is 11.2. The van der Waals surface area contributed by atoms with E-state index in [4.69, 9.17) is 4.74 Å². The van der Waals surface area contributed by atoms with Crippen molar-refractivity contribution in [3.8, 4) is 0 Å². The quantitative estimate of drug-likeness (QED) is 0.653. The molecule has 0 radical (unpaired) electrons. The van der Waals surface area contributed by atoms with Crippen LogP contribution in [0.3, 0.4) is 0 Å². The number of anilines is 1. The lowest BCUT2D eigenvalue weighted by Crippen LogP contribution is -2.42. The molecule has 1 heterocycles. The lowest BCUT2D eigenvalue weighted by atomic mass is 10.1. The van der Waals surface area contributed by atoms with Crippen LogP contribution in [0.2, 0.25) is 0 Å². The van der Waals surface area contributed by atoms with Gasteiger partial charge in [0.1, 0.15) is 0 Å². The van der Waals surface area contributed by atoms with Gasteiger partial charge in [-0.25, -0.2) is 4.79 Å². The predicted molar refractivity (Wildman–Crippen MR) is 73.7 cm³/mol. The monoisotopic (exact) mass is 279 g/mol. The fourth-order valence-corrected chi connectivity index (χ4v) is 2.16. The molecule has 1 aromatic rings. The average Bonchev–Trinajstić information content (AvgIpc) is 2.92. The molecule has 2 rings (SSSR count). The van der Waals surface area contributed by atoms with Gasteiger partial charge in [0, 0.05) is 24.4 Å². The number of rotatable bonds is 4. The number of ether oxygens (including phenoxy) is 1. The summed E-state index contributed by atoms with van der Waals surface area (Å²) in [5.74, 6) is 0. The Balaban J connectivity index is 1.90. The molecule has 108 valence electrons. The molecule has 1 fully saturated rings. The molecule has 7 nitrogen and oxygen atoms in total. The average molecular weight is 279 g/mol. The molecule has 0 saturated carbocycles. The SMILES string of the molecule is C[C@H](NC(=O)Nc1cccc([N+](=O)[O-])c1)[C@H]1CCCO1. The first-order chi connectivity index (χ1) is 9.56. The molecule has 1 saturated heterocycles. The number of carbonyl (C=O) groups is 1. The van der Waals surface area contributed by atoms with Gasteiger partial charge in [0.25, 0.3) is 5.69 Å². The highest BCUT2D eigenvalue weighted by Gasteiger charge is 2.23. The van der Waals surface area contributed by atoms with Crippen molar-refractivity contribution < 1.29 is 14.5 Å². The molecule has 0 spiro atoms. The number of non-ortho nitro benzene ring substituents is 1. The van der Waals surface area contributed by atoms with E-state index in [0.717, 1.165) is 19.4 Å². The van der Waals surface area contributed by atoms with E-state index in [1.807, 2.05) is 6.92 Å². The predicted octanol–water partition coefficient (Wildman–Crippen LogP) is 2.28. The standard InChI is InChI=1S/C13H17N3O4/c1-9(12-6-3-7-20-12)14-13(17)15-10-4-2-5-11(8-10)16(18)19/h2,4-5,8-9,12H,3,6-7H2,1H3,(H2,14,15,17)/t9-,12+/m0/s1. The van der Waals surface area contributed by atoms with Crippen LogP contribution in [0.4, 0.5) is 16.2 Å². The third kappa shape index (κ3) is 3.67. The van der Waals surface area contributed by atoms with E-state index in [0.29, 0.717) is 5.69 Å². The van der Waals surface area contributed by atoms with Crippen LogP contribution in [0.15, 0.2) is 24.3 Å². The first kappa shape index (κ1) is 14.3. The lowest BCUT2D eigenvalue weighted by Gasteiger charge is -2.20. The van der Waals surface area contributed by atoms with Crippen molar-refractivity contribution in [2.24, 2.45) is 0 Å². The maximum Gasteiger partial charge on any atom is 0.319 e. The second kappa shape index (κ2) is 6.33. The van der Waals surface area contributed by atoms with Gasteiger partial charge in [0.15, 0.2) is 0 Å². The Bertz CT molecular complexity index is 500. The molecule has 0 aromatic heterocycles. The van der Waals surface area contributed by atoms with Gasteiger partial charge in [-0.2, -0.15) is 0 Å². The molecule has 20 heavy (non-hydrogen) atoms. The molecule has 1 aromatic carbocycles. The molecule has 0 unspecified atom stereocenters. The summed E-state index contributed by atoms with van der Waals surface area (Å²) in [6.45, 7) is 2.60. The van der Waals surface area contributed by atoms with Crippen LogP contribution in [0.1, 0.15) is 19.8 Å². The number of nitrogens with zero attached hydrogens (tertiary/aromatic N) is 1. The number of hydrogen-bond acceptors (Lipinski definition) is 4. The maximum absolute atomic E-state index is 11.8. The van der Waals surface area contributed by atoms with Crippen molar-refractivity contribution in [2.75, 3.05) is 11.9 Å². The maximum atomic E-state index is 11.8. The molecule has 2 N–H and O–H groups in total. The van der Waals surface area contributed by atoms with Gasteiger partial charge in [-0.1, -0.05) is 6.07 Å². The Morgan fingerprint density at radius 1 is 1.55 bits per heavy atom. The van der Waals surface area contributed by atoms with Gasteiger partial charge in [-0.15, -0.1) is 0 Å². The molecule has 0 bridgehead atoms. The van der Waals surface area contributed by atoms with Crippen molar-refractivity contribution in [2.45, 2.75) is 31.9 Å². The summed E-state index contributed by atoms with van der Waals surface area (Å²) >= 11 is 0. The first-order valence-corrected chi connectivity index (χ1v) is 6.50. The molecule has 0 aliphatic carbocycles. The fourth-order valence-electron chi connectivity index (χ4n) is 2.16. The number of nitro benzene ring substituents is 1. The van der Waals surface area contributed by atoms with E-state index in [9.17, 15) is 14.9 Å². The van der Waals surface area contributed by atoms with Gasteiger partial charge < -0.3 is 15.4 Å². The molecule has 2 amide bonds. The smallest absolute Gasteiger partial charge is 0.319 e. The Hall–Kier alpha value is -2.15. The van der Waals surface area contributed by atoms with E-state index in [1.165, 1.54) is 18.2 Å². The summed E-state index contributed by atoms with van der Waals surface area (Å²) in [5.41, 5.74) is 0.325. The van der Waals surface area contributed by atoms with E-state index in [1.54, 1.807) is 6.07 Å². The van der Waals surface area contributed by atoms with Crippen LogP contribution in [-0.2, 0) is 4.74 Å². The number of nitrogens with one attached hydrogen (secondary N) is 2. The largest absolute Gasteiger partial charge is 0.376 e. The van der Waals surface area contributed by atoms with Gasteiger partial charge in [0.2, 0.25) is 0 Å². The lowest BCUT2D eigenvalue weighted by molar-refractivity contribution is -0.384. The van der Waals surface area contributed by atoms with Crippen LogP contribution in [-0.4, -0.2) is 29.7 Å². The van der Waals surface area contributed by atoms with Crippen LogP contribution in [0.5, 0.6) is 0 Å². The van der Waals surface area contributed by atoms with Crippen molar-refractivity contribution in [1.82, 2.24) is 5.32 Å². The fraction of sp³-hybridized carbons (Fsp3) is 0.462. The summed E-state index contributed by atoms with van der Waals surface area (Å²) < 4.78 is 5.48. The summed E-state index contributed by atoms with van der Waals surface area (Å²) in [6.07, 6.45) is 1.97. The topological polar surface area (TPSA) is 93.5 Å². The van der Waals surface area contributed by atoms with Crippen LogP contribution < -0.4 is 10.6 Å². The number of nitro groups is 1. The molecule has 2 atom stereocenters. The Morgan fingerprint density at radius 2 is 2.35 bits per heavy atom. The van der Waals surface area contributed by atoms with E-state index >= 15 is 0 Å². The van der Waals surface area contributed by atoms with Crippen molar-refractivity contribution in [1.29, 1.82) is 0 Å². The molecular formula is C13H17N3O4. The van der Waals surface area contributed by atoms with Crippen LogP contribution in [0.25, 0.3) is 0 Å². The van der Waals surface area contributed by atoms with E-state index < -0.39 is 11.0 Å². The van der Waals surface area contributed by atoms with E-state index in [-0.39, 0.29) is 17.8 Å². The Kier molecular flexibility index (Phi) is 4.52. The molecule has 7 heteroatoms. The third-order valence-electron chi connectivity index (χ3n) is 3.20. The zero-order chi connectivity index (χ0) is 14.5. The van der Waals surface area contributed by atoms with Crippen LogP contribution in [0, 0.1) is 10.1 Å². The second-order valence-corrected chi connectivity index (χ2v) is 4.75. The van der Waals surface area contributed by atoms with Crippen molar-refractivity contribution in [3.05, 3.63) is 34.4 Å². The van der Waals surface area contributed by atoms with Crippen LogP contribution >= 0.6 is 0 Å². The number of hydrogen-bond donors (Lipinski definition) is 2. The Morgan fingerprint density at radius 3 is 3.00 bits per heavy atom. The molecular weight excluding hydrogens is 262 g/mol. The minimum atomic E-state index is -0.502. The summed E-state index contributed by atoms with van der Waals surface area (Å²) in [4.78, 5) is 22.0. The summed E-state index contributed by atoms with van der Waals surface area (Å²) in [5, 5.41) is 16.0. The number of urea groups is 1. The summed E-state index contributed by atoms with van der Waals surface area (Å²) in [7, 11) is 0. The summed E-state index contributed by atoms with van der Waals surface area (Å²) in [6, 6.07) is 5.32. The minimum Gasteiger partial charge on any atom is -0.376 e. The number of amides is 2.